The third-order valence-electron chi connectivity index (χ3n) is 0.919. The molecule has 1 rings (SSSR count). The molecule has 0 radical (unpaired) electrons. The Balaban J connectivity index is 3.04. The molecule has 0 aromatic heterocycles. The molecule has 0 fully saturated rings. The maximum Gasteiger partial charge on any atom is 0.293 e. The Morgan fingerprint density at radius 3 is 2.89 bits per heavy atom. The monoisotopic (exact) mass is 145 g/mol. The Morgan fingerprint density at radius 1 is 1.56 bits per heavy atom. The Labute approximate surface area is 58.8 Å². The second-order valence-electron chi connectivity index (χ2n) is 1.61. The summed E-state index contributed by atoms with van der Waals surface area (Å²) in [5, 5.41) is 13.2. The summed E-state index contributed by atoms with van der Waals surface area (Å²) in [5.74, 6) is 0.297. The van der Waals surface area contributed by atoms with Gasteiger partial charge in [0.1, 0.15) is 11.5 Å². The fourth-order valence-corrected chi connectivity index (χ4v) is 0.658. The molecule has 0 aliphatic rings. The Kier molecular flexibility index (Phi) is 1.18. The lowest BCUT2D eigenvalue weighted by Gasteiger charge is -1.94. The topological polar surface area (TPSA) is 40.5 Å². The van der Waals surface area contributed by atoms with Crippen LogP contribution in [0.3, 0.4) is 0 Å². The van der Waals surface area contributed by atoms with Crippen molar-refractivity contribution >= 4 is 11.6 Å². The van der Waals surface area contributed by atoms with Crippen LogP contribution >= 0.6 is 11.6 Å². The van der Waals surface area contributed by atoms with Crippen molar-refractivity contribution in [2.24, 2.45) is 0 Å². The molecule has 2 N–H and O–H groups in total. The molecule has 0 unspecified atom stereocenters. The summed E-state index contributed by atoms with van der Waals surface area (Å²) >= 11 is 5.48. The summed E-state index contributed by atoms with van der Waals surface area (Å²) in [7, 11) is 0. The van der Waals surface area contributed by atoms with Gasteiger partial charge in [-0.2, -0.15) is 0 Å². The van der Waals surface area contributed by atoms with Crippen molar-refractivity contribution in [2.45, 2.75) is 0 Å². The van der Waals surface area contributed by atoms with Crippen LogP contribution in [0.2, 0.25) is 5.02 Å². The van der Waals surface area contributed by atoms with Gasteiger partial charge in [0.15, 0.2) is 0 Å². The first-order valence-corrected chi connectivity index (χ1v) is 2.73. The maximum atomic E-state index is 8.89. The molecular weight excluding hydrogens is 140 g/mol. The molecule has 0 saturated heterocycles. The van der Waals surface area contributed by atoms with Crippen LogP contribution in [0.1, 0.15) is 0 Å². The van der Waals surface area contributed by atoms with Crippen LogP contribution in [-0.4, -0.2) is 11.6 Å². The lowest BCUT2D eigenvalue weighted by Crippen LogP contribution is -1.66. The average Bonchev–Trinajstić information content (AvgIpc) is 1.95. The highest BCUT2D eigenvalue weighted by Gasteiger charge is 1.95. The van der Waals surface area contributed by atoms with Crippen LogP contribution in [0.5, 0.6) is 11.5 Å². The first-order valence-electron chi connectivity index (χ1n) is 2.76. The number of phenolic OH excluding ortho intramolecular Hbond substituents is 2. The van der Waals surface area contributed by atoms with E-state index in [1.54, 1.807) is 0 Å². The highest BCUT2D eigenvalue weighted by atomic mass is 35.5. The summed E-state index contributed by atoms with van der Waals surface area (Å²) in [4.78, 5) is 0. The molecule has 1 aromatic carbocycles. The molecule has 0 saturated carbocycles. The summed E-state index contributed by atoms with van der Waals surface area (Å²) in [5.41, 5.74) is 0. The zero-order valence-electron chi connectivity index (χ0n) is 5.47. The van der Waals surface area contributed by atoms with Crippen molar-refractivity contribution in [1.82, 2.24) is 0 Å². The normalized spacial score (nSPS) is 10.6. The molecule has 0 aliphatic carbocycles. The maximum absolute atomic E-state index is 8.89. The van der Waals surface area contributed by atoms with E-state index < -0.39 is 0 Å². The number of rotatable bonds is 1. The lowest BCUT2D eigenvalue weighted by atomic mass is 10.3. The predicted octanol–water partition coefficient (Wildman–Crippen LogP) is 1.75. The first-order chi connectivity index (χ1) is 4.74. The van der Waals surface area contributed by atoms with E-state index in [4.69, 9.17) is 18.1 Å². The molecule has 0 aliphatic heterocycles. The van der Waals surface area contributed by atoms with E-state index in [-0.39, 0.29) is 10.8 Å². The van der Waals surface area contributed by atoms with Crippen molar-refractivity contribution in [1.29, 1.82) is 1.43 Å². The van der Waals surface area contributed by atoms with Gasteiger partial charge < -0.3 is 10.2 Å². The quantitative estimate of drug-likeness (QED) is 0.591. The van der Waals surface area contributed by atoms with E-state index in [1.165, 1.54) is 18.2 Å². The number of benzene rings is 1. The van der Waals surface area contributed by atoms with E-state index in [0.717, 1.165) is 0 Å². The summed E-state index contributed by atoms with van der Waals surface area (Å²) < 4.78 is 6.47. The lowest BCUT2D eigenvalue weighted by molar-refractivity contribution is 0.460. The van der Waals surface area contributed by atoms with Crippen molar-refractivity contribution in [2.75, 3.05) is 0 Å². The molecule has 0 heterocycles. The summed E-state index contributed by atoms with van der Waals surface area (Å²) in [6.07, 6.45) is 0. The zero-order valence-corrected chi connectivity index (χ0v) is 5.22. The molecule has 0 bridgehead atoms. The number of aromatic hydroxyl groups is 2. The molecule has 0 atom stereocenters. The van der Waals surface area contributed by atoms with Crippen LogP contribution in [0.25, 0.3) is 0 Å². The largest absolute Gasteiger partial charge is 0.508 e. The van der Waals surface area contributed by atoms with Gasteiger partial charge in [0.25, 0.3) is 1.43 Å². The highest BCUT2D eigenvalue weighted by molar-refractivity contribution is 6.32. The van der Waals surface area contributed by atoms with Gasteiger partial charge >= 0.3 is 0 Å². The molecule has 0 spiro atoms. The van der Waals surface area contributed by atoms with Gasteiger partial charge in [-0.25, -0.2) is 0 Å². The van der Waals surface area contributed by atoms with Gasteiger partial charge in [0, 0.05) is 6.07 Å². The number of hydrogen-bond donors (Lipinski definition) is 2. The number of halogens is 1. The average molecular weight is 146 g/mol. The standard InChI is InChI=1S/C6H5ClO2/c7-5-3-4(8)1-2-6(5)9/h1-3,8-9H/i/hD. The third kappa shape index (κ3) is 1.27. The van der Waals surface area contributed by atoms with Crippen LogP contribution in [0, 0.1) is 0 Å². The SMILES string of the molecule is [2H]Oc1ccc(O)c(Cl)c1. The molecule has 1 aromatic rings. The van der Waals surface area contributed by atoms with Crippen LogP contribution in [0.15, 0.2) is 18.2 Å². The highest BCUT2D eigenvalue weighted by Crippen LogP contribution is 2.26. The van der Waals surface area contributed by atoms with E-state index in [1.807, 2.05) is 0 Å². The van der Waals surface area contributed by atoms with Gasteiger partial charge in [-0.1, -0.05) is 11.6 Å². The van der Waals surface area contributed by atoms with E-state index in [9.17, 15) is 0 Å². The molecule has 3 heteroatoms. The Hall–Kier alpha value is -0.890. The molecular formula is C6H5ClO2. The van der Waals surface area contributed by atoms with Gasteiger partial charge in [-0.15, -0.1) is 0 Å². The molecule has 9 heavy (non-hydrogen) atoms. The van der Waals surface area contributed by atoms with Crippen molar-refractivity contribution in [3.05, 3.63) is 23.2 Å². The van der Waals surface area contributed by atoms with Crippen LogP contribution < -0.4 is 0 Å². The second kappa shape index (κ2) is 2.15. The summed E-state index contributed by atoms with van der Waals surface area (Å²) in [6, 6.07) is 4.18. The number of hydrogen-bond acceptors (Lipinski definition) is 2. The van der Waals surface area contributed by atoms with Crippen molar-refractivity contribution < 1.29 is 10.2 Å². The Morgan fingerprint density at radius 2 is 2.33 bits per heavy atom. The zero-order chi connectivity index (χ0) is 7.56. The minimum Gasteiger partial charge on any atom is -0.508 e. The molecule has 2 nitrogen and oxygen atoms in total. The first kappa shape index (κ1) is 4.94. The van der Waals surface area contributed by atoms with E-state index >= 15 is 0 Å². The van der Waals surface area contributed by atoms with Crippen LogP contribution in [0.4, 0.5) is 0 Å². The van der Waals surface area contributed by atoms with Gasteiger partial charge in [-0.3, -0.25) is 0 Å². The smallest absolute Gasteiger partial charge is 0.293 e. The second-order valence-corrected chi connectivity index (χ2v) is 2.02. The van der Waals surface area contributed by atoms with E-state index in [2.05, 4.69) is 5.11 Å². The predicted molar refractivity (Wildman–Crippen MR) is 34.8 cm³/mol. The Bertz CT molecular complexity index is 239. The van der Waals surface area contributed by atoms with Crippen molar-refractivity contribution in [3.63, 3.8) is 0 Å². The van der Waals surface area contributed by atoms with Crippen LogP contribution in [-0.2, 0) is 0 Å². The number of phenols is 2. The minimum atomic E-state index is -0.0116. The molecule has 0 amide bonds. The fraction of sp³-hybridized carbons (Fsp3) is 0. The van der Waals surface area contributed by atoms with E-state index in [0.29, 0.717) is 5.75 Å². The summed E-state index contributed by atoms with van der Waals surface area (Å²) in [6.45, 7) is 0. The molecule has 48 valence electrons. The van der Waals surface area contributed by atoms with Gasteiger partial charge in [0.05, 0.1) is 5.02 Å². The van der Waals surface area contributed by atoms with Gasteiger partial charge in [0.2, 0.25) is 0 Å². The van der Waals surface area contributed by atoms with Gasteiger partial charge in [-0.05, 0) is 12.1 Å². The minimum absolute atomic E-state index is 0.0116. The third-order valence-corrected chi connectivity index (χ3v) is 1.22. The fourth-order valence-electron chi connectivity index (χ4n) is 0.488. The van der Waals surface area contributed by atoms with Crippen molar-refractivity contribution in [3.8, 4) is 11.5 Å².